The van der Waals surface area contributed by atoms with Crippen molar-refractivity contribution in [2.24, 2.45) is 0 Å². The highest BCUT2D eigenvalue weighted by molar-refractivity contribution is 6.30. The third-order valence-electron chi connectivity index (χ3n) is 3.60. The lowest BCUT2D eigenvalue weighted by atomic mass is 10.1. The Bertz CT molecular complexity index is 794. The van der Waals surface area contributed by atoms with Crippen molar-refractivity contribution in [3.63, 3.8) is 0 Å². The van der Waals surface area contributed by atoms with E-state index >= 15 is 0 Å². The SMILES string of the molecule is CN(c1ccccc1)c1nncc(NCCc2cccc(Cl)c2)n1. The van der Waals surface area contributed by atoms with E-state index in [1.165, 1.54) is 5.56 Å². The summed E-state index contributed by atoms with van der Waals surface area (Å²) in [6.45, 7) is 0.744. The molecule has 0 saturated carbocycles. The van der Waals surface area contributed by atoms with Crippen molar-refractivity contribution in [2.75, 3.05) is 23.8 Å². The van der Waals surface area contributed by atoms with E-state index in [2.05, 4.69) is 26.6 Å². The number of nitrogens with one attached hydrogen (secondary N) is 1. The normalized spacial score (nSPS) is 10.4. The molecule has 0 spiro atoms. The average Bonchev–Trinajstić information content (AvgIpc) is 2.62. The topological polar surface area (TPSA) is 53.9 Å². The lowest BCUT2D eigenvalue weighted by Crippen LogP contribution is -2.15. The van der Waals surface area contributed by atoms with Crippen molar-refractivity contribution < 1.29 is 0 Å². The molecule has 0 aliphatic heterocycles. The van der Waals surface area contributed by atoms with Gasteiger partial charge in [0.25, 0.3) is 5.95 Å². The van der Waals surface area contributed by atoms with Gasteiger partial charge in [0.15, 0.2) is 5.82 Å². The summed E-state index contributed by atoms with van der Waals surface area (Å²) in [5, 5.41) is 12.2. The molecule has 6 heteroatoms. The zero-order valence-electron chi connectivity index (χ0n) is 13.4. The molecule has 0 aliphatic carbocycles. The predicted molar refractivity (Wildman–Crippen MR) is 98.0 cm³/mol. The van der Waals surface area contributed by atoms with Gasteiger partial charge < -0.3 is 10.2 Å². The van der Waals surface area contributed by atoms with E-state index in [1.807, 2.05) is 60.5 Å². The Balaban J connectivity index is 1.63. The second-order valence-corrected chi connectivity index (χ2v) is 5.78. The average molecular weight is 340 g/mol. The van der Waals surface area contributed by atoms with Crippen LogP contribution in [0.2, 0.25) is 5.02 Å². The minimum Gasteiger partial charge on any atom is -0.368 e. The molecule has 1 aromatic heterocycles. The molecule has 1 heterocycles. The van der Waals surface area contributed by atoms with E-state index in [-0.39, 0.29) is 0 Å². The van der Waals surface area contributed by atoms with Crippen LogP contribution < -0.4 is 10.2 Å². The highest BCUT2D eigenvalue weighted by atomic mass is 35.5. The lowest BCUT2D eigenvalue weighted by Gasteiger charge is -2.17. The van der Waals surface area contributed by atoms with E-state index in [1.54, 1.807) is 6.20 Å². The van der Waals surface area contributed by atoms with Crippen molar-refractivity contribution in [1.82, 2.24) is 15.2 Å². The number of rotatable bonds is 6. The van der Waals surface area contributed by atoms with Crippen molar-refractivity contribution in [1.29, 1.82) is 0 Å². The molecule has 3 aromatic rings. The van der Waals surface area contributed by atoms with Crippen molar-refractivity contribution in [3.05, 3.63) is 71.4 Å². The molecule has 0 atom stereocenters. The summed E-state index contributed by atoms with van der Waals surface area (Å²) in [6, 6.07) is 17.8. The van der Waals surface area contributed by atoms with Gasteiger partial charge in [0.1, 0.15) is 0 Å². The fraction of sp³-hybridized carbons (Fsp3) is 0.167. The second-order valence-electron chi connectivity index (χ2n) is 5.34. The van der Waals surface area contributed by atoms with Gasteiger partial charge in [-0.2, -0.15) is 10.1 Å². The molecule has 122 valence electrons. The fourth-order valence-electron chi connectivity index (χ4n) is 2.32. The monoisotopic (exact) mass is 339 g/mol. The van der Waals surface area contributed by atoms with Crippen LogP contribution in [-0.2, 0) is 6.42 Å². The lowest BCUT2D eigenvalue weighted by molar-refractivity contribution is 0.915. The number of benzene rings is 2. The van der Waals surface area contributed by atoms with E-state index in [0.717, 1.165) is 23.7 Å². The molecular weight excluding hydrogens is 322 g/mol. The zero-order valence-corrected chi connectivity index (χ0v) is 14.1. The van der Waals surface area contributed by atoms with Gasteiger partial charge >= 0.3 is 0 Å². The van der Waals surface area contributed by atoms with Crippen LogP contribution in [0.25, 0.3) is 0 Å². The first kappa shape index (κ1) is 16.2. The Labute approximate surface area is 146 Å². The van der Waals surface area contributed by atoms with Crippen LogP contribution in [0.3, 0.4) is 0 Å². The molecule has 0 unspecified atom stereocenters. The summed E-state index contributed by atoms with van der Waals surface area (Å²) in [5.41, 5.74) is 2.19. The Hall–Kier alpha value is -2.66. The Kier molecular flexibility index (Phi) is 5.23. The third kappa shape index (κ3) is 4.20. The van der Waals surface area contributed by atoms with Crippen molar-refractivity contribution in [2.45, 2.75) is 6.42 Å². The first-order chi connectivity index (χ1) is 11.7. The number of anilines is 3. The molecule has 0 radical (unpaired) electrons. The number of halogens is 1. The summed E-state index contributed by atoms with van der Waals surface area (Å²) in [6.07, 6.45) is 2.48. The first-order valence-electron chi connectivity index (χ1n) is 7.69. The quantitative estimate of drug-likeness (QED) is 0.737. The fourth-order valence-corrected chi connectivity index (χ4v) is 2.53. The van der Waals surface area contributed by atoms with Gasteiger partial charge in [-0.15, -0.1) is 5.10 Å². The molecule has 5 nitrogen and oxygen atoms in total. The Morgan fingerprint density at radius 2 is 1.92 bits per heavy atom. The molecule has 3 rings (SSSR count). The molecule has 0 bridgehead atoms. The standard InChI is InChI=1S/C18H18ClN5/c1-24(16-8-3-2-4-9-16)18-22-17(13-21-23-18)20-11-10-14-6-5-7-15(19)12-14/h2-9,12-13H,10-11H2,1H3,(H,20,22,23). The molecule has 2 aromatic carbocycles. The minimum atomic E-state index is 0.550. The predicted octanol–water partition coefficient (Wildman–Crippen LogP) is 3.95. The summed E-state index contributed by atoms with van der Waals surface area (Å²) < 4.78 is 0. The maximum atomic E-state index is 6.00. The molecule has 0 fully saturated rings. The number of hydrogen-bond acceptors (Lipinski definition) is 5. The number of nitrogens with zero attached hydrogens (tertiary/aromatic N) is 4. The van der Waals surface area contributed by atoms with Gasteiger partial charge in [-0.05, 0) is 36.2 Å². The Morgan fingerprint density at radius 1 is 1.08 bits per heavy atom. The number of para-hydroxylation sites is 1. The molecule has 0 aliphatic rings. The maximum absolute atomic E-state index is 6.00. The summed E-state index contributed by atoms with van der Waals surface area (Å²) in [4.78, 5) is 6.41. The van der Waals surface area contributed by atoms with Crippen LogP contribution in [0.4, 0.5) is 17.5 Å². The third-order valence-corrected chi connectivity index (χ3v) is 3.84. The van der Waals surface area contributed by atoms with Crippen molar-refractivity contribution in [3.8, 4) is 0 Å². The molecule has 0 saturated heterocycles. The van der Waals surface area contributed by atoms with E-state index in [4.69, 9.17) is 11.6 Å². The maximum Gasteiger partial charge on any atom is 0.251 e. The van der Waals surface area contributed by atoms with Crippen LogP contribution in [0, 0.1) is 0 Å². The van der Waals surface area contributed by atoms with Gasteiger partial charge in [-0.1, -0.05) is 41.9 Å². The number of aromatic nitrogens is 3. The summed E-state index contributed by atoms with van der Waals surface area (Å²) in [7, 11) is 1.92. The van der Waals surface area contributed by atoms with Crippen molar-refractivity contribution >= 4 is 29.1 Å². The number of hydrogen-bond donors (Lipinski definition) is 1. The highest BCUT2D eigenvalue weighted by Crippen LogP contribution is 2.19. The largest absolute Gasteiger partial charge is 0.368 e. The van der Waals surface area contributed by atoms with Crippen LogP contribution in [-0.4, -0.2) is 28.8 Å². The van der Waals surface area contributed by atoms with Gasteiger partial charge in [-0.3, -0.25) is 0 Å². The highest BCUT2D eigenvalue weighted by Gasteiger charge is 2.08. The summed E-state index contributed by atoms with van der Waals surface area (Å²) in [5.74, 6) is 1.25. The van der Waals surface area contributed by atoms with E-state index < -0.39 is 0 Å². The van der Waals surface area contributed by atoms with Gasteiger partial charge in [0, 0.05) is 24.3 Å². The van der Waals surface area contributed by atoms with Crippen LogP contribution >= 0.6 is 11.6 Å². The van der Waals surface area contributed by atoms with E-state index in [9.17, 15) is 0 Å². The zero-order chi connectivity index (χ0) is 16.8. The van der Waals surface area contributed by atoms with Gasteiger partial charge in [-0.25, -0.2) is 0 Å². The van der Waals surface area contributed by atoms with Crippen LogP contribution in [0.15, 0.2) is 60.8 Å². The Morgan fingerprint density at radius 3 is 2.71 bits per heavy atom. The smallest absolute Gasteiger partial charge is 0.251 e. The second kappa shape index (κ2) is 7.75. The van der Waals surface area contributed by atoms with Gasteiger partial charge in [0.2, 0.25) is 0 Å². The molecule has 24 heavy (non-hydrogen) atoms. The molecule has 0 amide bonds. The van der Waals surface area contributed by atoms with Gasteiger partial charge in [0.05, 0.1) is 6.20 Å². The van der Waals surface area contributed by atoms with Crippen LogP contribution in [0.1, 0.15) is 5.56 Å². The molecular formula is C18H18ClN5. The van der Waals surface area contributed by atoms with Crippen LogP contribution in [0.5, 0.6) is 0 Å². The minimum absolute atomic E-state index is 0.550. The molecule has 1 N–H and O–H groups in total. The summed E-state index contributed by atoms with van der Waals surface area (Å²) >= 11 is 6.00. The first-order valence-corrected chi connectivity index (χ1v) is 8.07. The van der Waals surface area contributed by atoms with E-state index in [0.29, 0.717) is 11.8 Å².